The minimum atomic E-state index is -0.596. The van der Waals surface area contributed by atoms with Crippen molar-refractivity contribution in [2.75, 3.05) is 20.5 Å². The second-order valence-corrected chi connectivity index (χ2v) is 6.62. The first-order valence-electron chi connectivity index (χ1n) is 8.76. The molecule has 0 bridgehead atoms. The van der Waals surface area contributed by atoms with Crippen molar-refractivity contribution in [3.63, 3.8) is 0 Å². The number of methoxy groups -OCH3 is 1. The number of hydrogen-bond donors (Lipinski definition) is 0. The molecule has 0 radical (unpaired) electrons. The molecule has 5 nitrogen and oxygen atoms in total. The molecular weight excluding hydrogens is 320 g/mol. The molecule has 1 fully saturated rings. The van der Waals surface area contributed by atoms with E-state index in [1.807, 2.05) is 51.1 Å². The fourth-order valence-electron chi connectivity index (χ4n) is 2.67. The molecule has 1 aliphatic heterocycles. The van der Waals surface area contributed by atoms with Gasteiger partial charge in [-0.1, -0.05) is 42.5 Å². The van der Waals surface area contributed by atoms with E-state index in [0.29, 0.717) is 13.2 Å². The maximum Gasteiger partial charge on any atom is 0.163 e. The molecule has 1 heterocycles. The highest BCUT2D eigenvalue weighted by atomic mass is 16.7. The van der Waals surface area contributed by atoms with Gasteiger partial charge in [-0.2, -0.15) is 0 Å². The Morgan fingerprint density at radius 3 is 2.64 bits per heavy atom. The summed E-state index contributed by atoms with van der Waals surface area (Å²) in [6.45, 7) is 7.30. The van der Waals surface area contributed by atoms with E-state index < -0.39 is 5.79 Å². The van der Waals surface area contributed by atoms with Gasteiger partial charge >= 0.3 is 0 Å². The molecular formula is C20H30O5. The van der Waals surface area contributed by atoms with Crippen LogP contribution in [0.5, 0.6) is 0 Å². The Hall–Kier alpha value is -1.24. The summed E-state index contributed by atoms with van der Waals surface area (Å²) in [4.78, 5) is 0. The molecule has 0 aliphatic carbocycles. The molecule has 1 aromatic carbocycles. The van der Waals surface area contributed by atoms with Crippen LogP contribution < -0.4 is 0 Å². The van der Waals surface area contributed by atoms with Crippen molar-refractivity contribution in [2.24, 2.45) is 0 Å². The van der Waals surface area contributed by atoms with Gasteiger partial charge in [0.2, 0.25) is 0 Å². The summed E-state index contributed by atoms with van der Waals surface area (Å²) >= 11 is 0. The zero-order chi connectivity index (χ0) is 18.1. The third-order valence-electron chi connectivity index (χ3n) is 3.96. The van der Waals surface area contributed by atoms with Gasteiger partial charge in [0.25, 0.3) is 0 Å². The highest BCUT2D eigenvalue weighted by Gasteiger charge is 2.33. The summed E-state index contributed by atoms with van der Waals surface area (Å²) in [6.07, 6.45) is 4.49. The molecule has 2 rings (SSSR count). The molecule has 0 spiro atoms. The van der Waals surface area contributed by atoms with Crippen molar-refractivity contribution in [2.45, 2.75) is 57.9 Å². The van der Waals surface area contributed by atoms with Crippen molar-refractivity contribution in [3.05, 3.63) is 48.0 Å². The molecule has 1 aromatic rings. The summed E-state index contributed by atoms with van der Waals surface area (Å²) in [5, 5.41) is 0. The lowest BCUT2D eigenvalue weighted by molar-refractivity contribution is -0.290. The highest BCUT2D eigenvalue weighted by molar-refractivity contribution is 5.13. The summed E-state index contributed by atoms with van der Waals surface area (Å²) in [7, 11) is 1.61. The van der Waals surface area contributed by atoms with Gasteiger partial charge in [-0.15, -0.1) is 0 Å². The van der Waals surface area contributed by atoms with Crippen LogP contribution in [0, 0.1) is 0 Å². The van der Waals surface area contributed by atoms with Crippen molar-refractivity contribution in [1.29, 1.82) is 0 Å². The van der Waals surface area contributed by atoms with E-state index >= 15 is 0 Å². The maximum absolute atomic E-state index is 6.00. The monoisotopic (exact) mass is 350 g/mol. The zero-order valence-electron chi connectivity index (χ0n) is 15.6. The second kappa shape index (κ2) is 10.0. The molecule has 140 valence electrons. The molecule has 25 heavy (non-hydrogen) atoms. The van der Waals surface area contributed by atoms with Crippen LogP contribution in [0.4, 0.5) is 0 Å². The third kappa shape index (κ3) is 7.26. The maximum atomic E-state index is 6.00. The van der Waals surface area contributed by atoms with Gasteiger partial charge in [-0.3, -0.25) is 0 Å². The second-order valence-electron chi connectivity index (χ2n) is 6.62. The van der Waals surface area contributed by atoms with E-state index in [1.165, 1.54) is 0 Å². The molecule has 1 saturated heterocycles. The van der Waals surface area contributed by atoms with Crippen LogP contribution in [-0.4, -0.2) is 44.6 Å². The Kier molecular flexibility index (Phi) is 8.06. The molecule has 5 heteroatoms. The van der Waals surface area contributed by atoms with E-state index in [4.69, 9.17) is 23.7 Å². The van der Waals surface area contributed by atoms with Crippen molar-refractivity contribution >= 4 is 0 Å². The Labute approximate surface area is 150 Å². The Balaban J connectivity index is 1.89. The Morgan fingerprint density at radius 1 is 1.20 bits per heavy atom. The number of rotatable bonds is 9. The SMILES string of the molecule is COCO[C@@H](/C=C/[C@@H](C)OCc1ccccc1)[C@@H]1CCOC(C)(C)O1. The molecule has 0 amide bonds. The lowest BCUT2D eigenvalue weighted by Gasteiger charge is -2.38. The number of ether oxygens (including phenoxy) is 5. The molecule has 0 N–H and O–H groups in total. The number of hydrogen-bond acceptors (Lipinski definition) is 5. The average Bonchev–Trinajstić information content (AvgIpc) is 2.60. The number of benzene rings is 1. The van der Waals surface area contributed by atoms with Crippen molar-refractivity contribution < 1.29 is 23.7 Å². The predicted octanol–water partition coefficient (Wildman–Crippen LogP) is 3.68. The fraction of sp³-hybridized carbons (Fsp3) is 0.600. The average molecular weight is 350 g/mol. The van der Waals surface area contributed by atoms with E-state index in [9.17, 15) is 0 Å². The summed E-state index contributed by atoms with van der Waals surface area (Å²) in [5.74, 6) is -0.596. The minimum absolute atomic E-state index is 0.0262. The van der Waals surface area contributed by atoms with Gasteiger partial charge in [0, 0.05) is 13.5 Å². The van der Waals surface area contributed by atoms with E-state index in [1.54, 1.807) is 7.11 Å². The van der Waals surface area contributed by atoms with E-state index in [0.717, 1.165) is 12.0 Å². The Morgan fingerprint density at radius 2 is 1.96 bits per heavy atom. The van der Waals surface area contributed by atoms with E-state index in [-0.39, 0.29) is 25.1 Å². The first-order valence-corrected chi connectivity index (χ1v) is 8.76. The predicted molar refractivity (Wildman–Crippen MR) is 96.1 cm³/mol. The van der Waals surface area contributed by atoms with E-state index in [2.05, 4.69) is 12.1 Å². The van der Waals surface area contributed by atoms with Gasteiger partial charge in [0.05, 0.1) is 25.4 Å². The summed E-state index contributed by atoms with van der Waals surface area (Å²) in [5.41, 5.74) is 1.16. The lowest BCUT2D eigenvalue weighted by Crippen LogP contribution is -2.45. The van der Waals surface area contributed by atoms with Gasteiger partial charge in [0.1, 0.15) is 12.9 Å². The van der Waals surface area contributed by atoms with Crippen LogP contribution in [0.3, 0.4) is 0 Å². The summed E-state index contributed by atoms with van der Waals surface area (Å²) < 4.78 is 28.3. The molecule has 0 unspecified atom stereocenters. The van der Waals surface area contributed by atoms with Gasteiger partial charge in [-0.05, 0) is 26.3 Å². The van der Waals surface area contributed by atoms with Crippen molar-refractivity contribution in [1.82, 2.24) is 0 Å². The molecule has 0 aromatic heterocycles. The topological polar surface area (TPSA) is 46.2 Å². The van der Waals surface area contributed by atoms with Crippen LogP contribution in [0.1, 0.15) is 32.8 Å². The van der Waals surface area contributed by atoms with Crippen LogP contribution in [0.15, 0.2) is 42.5 Å². The lowest BCUT2D eigenvalue weighted by atomic mass is 10.1. The largest absolute Gasteiger partial charge is 0.370 e. The van der Waals surface area contributed by atoms with Crippen LogP contribution in [0.2, 0.25) is 0 Å². The fourth-order valence-corrected chi connectivity index (χ4v) is 2.67. The highest BCUT2D eigenvalue weighted by Crippen LogP contribution is 2.25. The van der Waals surface area contributed by atoms with Gasteiger partial charge < -0.3 is 23.7 Å². The van der Waals surface area contributed by atoms with Gasteiger partial charge in [0.15, 0.2) is 5.79 Å². The zero-order valence-corrected chi connectivity index (χ0v) is 15.6. The van der Waals surface area contributed by atoms with Crippen LogP contribution >= 0.6 is 0 Å². The third-order valence-corrected chi connectivity index (χ3v) is 3.96. The molecule has 1 aliphatic rings. The first-order chi connectivity index (χ1) is 12.0. The summed E-state index contributed by atoms with van der Waals surface area (Å²) in [6, 6.07) is 10.1. The first kappa shape index (κ1) is 20.1. The van der Waals surface area contributed by atoms with Gasteiger partial charge in [-0.25, -0.2) is 0 Å². The normalized spacial score (nSPS) is 22.8. The quantitative estimate of drug-likeness (QED) is 0.502. The Bertz CT molecular complexity index is 514. The standard InChI is InChI=1S/C20H30O5/c1-16(22-14-17-8-6-5-7-9-17)10-11-18(23-15-21-4)19-12-13-24-20(2,3)25-19/h5-11,16,18-19H,12-15H2,1-4H3/b11-10+/t16-,18+,19+/m1/s1. The molecule has 0 saturated carbocycles. The minimum Gasteiger partial charge on any atom is -0.370 e. The molecule has 3 atom stereocenters. The van der Waals surface area contributed by atoms with Crippen LogP contribution in [0.25, 0.3) is 0 Å². The smallest absolute Gasteiger partial charge is 0.163 e. The van der Waals surface area contributed by atoms with Crippen molar-refractivity contribution in [3.8, 4) is 0 Å². The van der Waals surface area contributed by atoms with Crippen LogP contribution in [-0.2, 0) is 30.3 Å².